The van der Waals surface area contributed by atoms with Crippen LogP contribution in [0.1, 0.15) is 22.3 Å². The molecule has 0 N–H and O–H groups in total. The molecule has 7 aromatic carbocycles. The lowest BCUT2D eigenvalue weighted by atomic mass is 9.63. The van der Waals surface area contributed by atoms with Crippen LogP contribution in [-0.4, -0.2) is 26.6 Å². The van der Waals surface area contributed by atoms with Gasteiger partial charge in [0.05, 0.1) is 29.2 Å². The molecular formula is C47H32N4O. The molecule has 1 unspecified atom stereocenters. The van der Waals surface area contributed by atoms with Gasteiger partial charge in [0.1, 0.15) is 5.75 Å². The number of aromatic nitrogens is 4. The van der Waals surface area contributed by atoms with Crippen molar-refractivity contribution in [3.63, 3.8) is 0 Å². The molecule has 1 aliphatic rings. The Morgan fingerprint density at radius 3 is 1.63 bits per heavy atom. The van der Waals surface area contributed by atoms with Crippen LogP contribution >= 0.6 is 0 Å². The Kier molecular flexibility index (Phi) is 6.86. The Bertz CT molecular complexity index is 2700. The van der Waals surface area contributed by atoms with E-state index in [-0.39, 0.29) is 0 Å². The second-order valence-corrected chi connectivity index (χ2v) is 13.2. The number of hydrogen-bond donors (Lipinski definition) is 0. The molecule has 5 nitrogen and oxygen atoms in total. The quantitative estimate of drug-likeness (QED) is 0.177. The zero-order valence-corrected chi connectivity index (χ0v) is 28.4. The maximum atomic E-state index is 5.72. The van der Waals surface area contributed by atoms with Crippen molar-refractivity contribution in [3.05, 3.63) is 198 Å². The summed E-state index contributed by atoms with van der Waals surface area (Å²) in [5, 5.41) is 2.42. The molecular weight excluding hydrogens is 637 g/mol. The molecule has 0 saturated carbocycles. The summed E-state index contributed by atoms with van der Waals surface area (Å²) in [6.45, 7) is 0. The smallest absolute Gasteiger partial charge is 0.164 e. The average Bonchev–Trinajstić information content (AvgIpc) is 3.56. The lowest BCUT2D eigenvalue weighted by molar-refractivity contribution is 0.415. The minimum Gasteiger partial charge on any atom is -0.497 e. The normalized spacial score (nSPS) is 14.7. The lowest BCUT2D eigenvalue weighted by Crippen LogP contribution is -2.35. The van der Waals surface area contributed by atoms with Crippen molar-refractivity contribution in [2.45, 2.75) is 5.41 Å². The third-order valence-corrected chi connectivity index (χ3v) is 10.4. The molecule has 1 atom stereocenters. The molecule has 10 rings (SSSR count). The van der Waals surface area contributed by atoms with Gasteiger partial charge in [-0.3, -0.25) is 0 Å². The van der Waals surface area contributed by atoms with E-state index in [2.05, 4.69) is 120 Å². The van der Waals surface area contributed by atoms with E-state index in [0.717, 1.165) is 39.2 Å². The summed E-state index contributed by atoms with van der Waals surface area (Å²) in [5.41, 5.74) is 10.5. The van der Waals surface area contributed by atoms with Crippen LogP contribution in [0.5, 0.6) is 5.75 Å². The SMILES string of the molecule is COc1ccc2c3cccc4c3n(c2c1)-c1ccccc1C4(c1ccccc1)c1ccc(-c2nc(-c3ccccc3)nc(-c3ccccc3)n2)cc1. The molecule has 9 aromatic rings. The summed E-state index contributed by atoms with van der Waals surface area (Å²) >= 11 is 0. The van der Waals surface area contributed by atoms with Gasteiger partial charge in [0.2, 0.25) is 0 Å². The number of benzene rings is 7. The minimum absolute atomic E-state index is 0.603. The largest absolute Gasteiger partial charge is 0.497 e. The summed E-state index contributed by atoms with van der Waals surface area (Å²) in [5.74, 6) is 2.76. The number of nitrogens with zero attached hydrogens (tertiary/aromatic N) is 4. The molecule has 2 aromatic heterocycles. The minimum atomic E-state index is -0.603. The van der Waals surface area contributed by atoms with E-state index < -0.39 is 5.41 Å². The van der Waals surface area contributed by atoms with Gasteiger partial charge >= 0.3 is 0 Å². The zero-order chi connectivity index (χ0) is 34.6. The van der Waals surface area contributed by atoms with E-state index in [1.165, 1.54) is 33.0 Å². The van der Waals surface area contributed by atoms with Crippen LogP contribution < -0.4 is 4.74 Å². The van der Waals surface area contributed by atoms with Gasteiger partial charge in [0.25, 0.3) is 0 Å². The summed E-state index contributed by atoms with van der Waals surface area (Å²) in [6.07, 6.45) is 0. The fraction of sp³-hybridized carbons (Fsp3) is 0.0426. The fourth-order valence-electron chi connectivity index (χ4n) is 8.14. The maximum absolute atomic E-state index is 5.72. The van der Waals surface area contributed by atoms with E-state index in [1.807, 2.05) is 60.7 Å². The van der Waals surface area contributed by atoms with Crippen molar-refractivity contribution in [1.29, 1.82) is 0 Å². The summed E-state index contributed by atoms with van der Waals surface area (Å²) in [7, 11) is 1.73. The topological polar surface area (TPSA) is 52.8 Å². The fourth-order valence-corrected chi connectivity index (χ4v) is 8.14. The first-order valence-corrected chi connectivity index (χ1v) is 17.5. The first kappa shape index (κ1) is 30.0. The molecule has 0 aliphatic carbocycles. The standard InChI is InChI=1S/C47H32N4O/c1-52-36-28-29-37-38-20-13-22-40-43(38)51(42(37)30-36)41-23-12-11-21-39(41)47(40,34-18-9-4-10-19-34)35-26-24-33(25-27-35)46-49-44(31-14-5-2-6-15-31)48-45(50-46)32-16-7-3-8-17-32/h2-30H,1H3. The maximum Gasteiger partial charge on any atom is 0.164 e. The Morgan fingerprint density at radius 2 is 1.00 bits per heavy atom. The molecule has 0 saturated heterocycles. The predicted molar refractivity (Wildman–Crippen MR) is 209 cm³/mol. The Balaban J connectivity index is 1.22. The molecule has 0 amide bonds. The van der Waals surface area contributed by atoms with Crippen LogP contribution in [0.3, 0.4) is 0 Å². The predicted octanol–water partition coefficient (Wildman–Crippen LogP) is 10.7. The van der Waals surface area contributed by atoms with Crippen LogP contribution in [0.15, 0.2) is 176 Å². The average molecular weight is 669 g/mol. The monoisotopic (exact) mass is 668 g/mol. The van der Waals surface area contributed by atoms with Crippen LogP contribution in [0, 0.1) is 0 Å². The molecule has 0 radical (unpaired) electrons. The molecule has 0 fully saturated rings. The van der Waals surface area contributed by atoms with E-state index >= 15 is 0 Å². The number of methoxy groups -OCH3 is 1. The van der Waals surface area contributed by atoms with Gasteiger partial charge in [-0.2, -0.15) is 0 Å². The Labute approximate surface area is 301 Å². The van der Waals surface area contributed by atoms with Crippen molar-refractivity contribution in [2.75, 3.05) is 7.11 Å². The van der Waals surface area contributed by atoms with Gasteiger partial charge in [-0.1, -0.05) is 152 Å². The first-order valence-electron chi connectivity index (χ1n) is 17.5. The number of para-hydroxylation sites is 2. The Morgan fingerprint density at radius 1 is 0.462 bits per heavy atom. The third kappa shape index (κ3) is 4.46. The van der Waals surface area contributed by atoms with Gasteiger partial charge < -0.3 is 9.30 Å². The van der Waals surface area contributed by atoms with E-state index in [1.54, 1.807) is 7.11 Å². The van der Waals surface area contributed by atoms with Crippen LogP contribution in [0.4, 0.5) is 0 Å². The molecule has 52 heavy (non-hydrogen) atoms. The van der Waals surface area contributed by atoms with E-state index in [0.29, 0.717) is 17.5 Å². The van der Waals surface area contributed by atoms with Gasteiger partial charge in [-0.05, 0) is 40.5 Å². The highest BCUT2D eigenvalue weighted by Gasteiger charge is 2.45. The van der Waals surface area contributed by atoms with E-state index in [9.17, 15) is 0 Å². The number of hydrogen-bond acceptors (Lipinski definition) is 4. The van der Waals surface area contributed by atoms with Gasteiger partial charge in [-0.15, -0.1) is 0 Å². The number of ether oxygens (including phenoxy) is 1. The highest BCUT2D eigenvalue weighted by molar-refractivity contribution is 6.12. The summed E-state index contributed by atoms with van der Waals surface area (Å²) in [6, 6.07) is 61.9. The molecule has 3 heterocycles. The third-order valence-electron chi connectivity index (χ3n) is 10.4. The van der Waals surface area contributed by atoms with Crippen molar-refractivity contribution in [3.8, 4) is 45.6 Å². The highest BCUT2D eigenvalue weighted by Crippen LogP contribution is 2.54. The van der Waals surface area contributed by atoms with Crippen molar-refractivity contribution >= 4 is 21.8 Å². The highest BCUT2D eigenvalue weighted by atomic mass is 16.5. The molecule has 1 aliphatic heterocycles. The molecule has 5 heteroatoms. The van der Waals surface area contributed by atoms with E-state index in [4.69, 9.17) is 19.7 Å². The lowest BCUT2D eigenvalue weighted by Gasteiger charge is -2.41. The van der Waals surface area contributed by atoms with Crippen LogP contribution in [0.25, 0.3) is 61.7 Å². The van der Waals surface area contributed by atoms with Gasteiger partial charge in [-0.25, -0.2) is 15.0 Å². The van der Waals surface area contributed by atoms with Crippen molar-refractivity contribution in [2.24, 2.45) is 0 Å². The first-order chi connectivity index (χ1) is 25.7. The number of fused-ring (bicyclic) bond motifs is 5. The molecule has 0 spiro atoms. The zero-order valence-electron chi connectivity index (χ0n) is 28.4. The van der Waals surface area contributed by atoms with Crippen LogP contribution in [-0.2, 0) is 5.41 Å². The van der Waals surface area contributed by atoms with Gasteiger partial charge in [0.15, 0.2) is 17.5 Å². The Hall–Kier alpha value is -6.85. The van der Waals surface area contributed by atoms with Crippen LogP contribution in [0.2, 0.25) is 0 Å². The van der Waals surface area contributed by atoms with Gasteiger partial charge in [0, 0.05) is 33.5 Å². The molecule has 246 valence electrons. The summed E-state index contributed by atoms with van der Waals surface area (Å²) in [4.78, 5) is 14.9. The molecule has 0 bridgehead atoms. The van der Waals surface area contributed by atoms with Crippen molar-refractivity contribution in [1.82, 2.24) is 19.5 Å². The van der Waals surface area contributed by atoms with Crippen molar-refractivity contribution < 1.29 is 4.74 Å². The second kappa shape index (κ2) is 11.9. The number of rotatable bonds is 6. The summed E-state index contributed by atoms with van der Waals surface area (Å²) < 4.78 is 8.14. The second-order valence-electron chi connectivity index (χ2n) is 13.2.